The van der Waals surface area contributed by atoms with Crippen molar-refractivity contribution in [3.05, 3.63) is 20.8 Å². The van der Waals surface area contributed by atoms with Crippen molar-refractivity contribution >= 4 is 27.3 Å². The van der Waals surface area contributed by atoms with Crippen LogP contribution in [0.25, 0.3) is 0 Å². The molecule has 0 aliphatic heterocycles. The van der Waals surface area contributed by atoms with Crippen molar-refractivity contribution < 1.29 is 0 Å². The van der Waals surface area contributed by atoms with Crippen LogP contribution in [0.3, 0.4) is 0 Å². The molecule has 0 saturated heterocycles. The second-order valence-corrected chi connectivity index (χ2v) is 9.17. The van der Waals surface area contributed by atoms with E-state index in [9.17, 15) is 0 Å². The normalized spacial score (nSPS) is 24.0. The van der Waals surface area contributed by atoms with Gasteiger partial charge in [0.15, 0.2) is 0 Å². The van der Waals surface area contributed by atoms with Gasteiger partial charge in [0.25, 0.3) is 0 Å². The van der Waals surface area contributed by atoms with E-state index in [-0.39, 0.29) is 0 Å². The van der Waals surface area contributed by atoms with Crippen LogP contribution in [0.15, 0.2) is 15.9 Å². The van der Waals surface area contributed by atoms with Gasteiger partial charge in [0, 0.05) is 4.88 Å². The minimum atomic E-state index is 0.757. The van der Waals surface area contributed by atoms with E-state index in [1.54, 1.807) is 4.88 Å². The third-order valence-corrected chi connectivity index (χ3v) is 6.01. The van der Waals surface area contributed by atoms with Gasteiger partial charge in [0.2, 0.25) is 0 Å². The van der Waals surface area contributed by atoms with Gasteiger partial charge in [0.1, 0.15) is 0 Å². The van der Waals surface area contributed by atoms with Gasteiger partial charge in [-0.05, 0) is 78.2 Å². The van der Waals surface area contributed by atoms with Gasteiger partial charge in [-0.15, -0.1) is 11.3 Å². The molecule has 1 aliphatic carbocycles. The number of thiophene rings is 1. The zero-order valence-electron chi connectivity index (χ0n) is 12.8. The number of rotatable bonds is 6. The molecular weight excluding hydrogens is 330 g/mol. The highest BCUT2D eigenvalue weighted by Gasteiger charge is 2.24. The number of hydrogen-bond acceptors (Lipinski definition) is 2. The predicted octanol–water partition coefficient (Wildman–Crippen LogP) is 5.50. The lowest BCUT2D eigenvalue weighted by molar-refractivity contribution is 0.295. The molecule has 1 N–H and O–H groups in total. The molecule has 1 aliphatic rings. The second kappa shape index (κ2) is 8.55. The van der Waals surface area contributed by atoms with Gasteiger partial charge in [-0.3, -0.25) is 0 Å². The quantitative estimate of drug-likeness (QED) is 0.663. The van der Waals surface area contributed by atoms with Crippen molar-refractivity contribution in [1.82, 2.24) is 5.32 Å². The van der Waals surface area contributed by atoms with Crippen LogP contribution >= 0.6 is 27.3 Å². The maximum Gasteiger partial charge on any atom is 0.0701 e. The molecule has 0 radical (unpaired) electrons. The number of halogens is 1. The van der Waals surface area contributed by atoms with E-state index in [1.807, 2.05) is 11.3 Å². The second-order valence-electron chi connectivity index (χ2n) is 6.62. The lowest BCUT2D eigenvalue weighted by Gasteiger charge is -2.25. The zero-order valence-corrected chi connectivity index (χ0v) is 15.2. The largest absolute Gasteiger partial charge is 0.316 e. The highest BCUT2D eigenvalue weighted by molar-refractivity contribution is 9.11. The van der Waals surface area contributed by atoms with Crippen molar-refractivity contribution in [3.8, 4) is 0 Å². The van der Waals surface area contributed by atoms with Crippen LogP contribution in [0, 0.1) is 17.8 Å². The molecule has 0 aromatic carbocycles. The topological polar surface area (TPSA) is 12.0 Å². The van der Waals surface area contributed by atoms with Crippen LogP contribution in [-0.2, 0) is 6.42 Å². The van der Waals surface area contributed by atoms with E-state index in [2.05, 4.69) is 47.2 Å². The first-order valence-corrected chi connectivity index (χ1v) is 9.71. The third-order valence-electron chi connectivity index (χ3n) is 4.37. The monoisotopic (exact) mass is 357 g/mol. The van der Waals surface area contributed by atoms with E-state index in [0.717, 1.165) is 24.3 Å². The Hall–Kier alpha value is 0.140. The van der Waals surface area contributed by atoms with Crippen LogP contribution in [0.2, 0.25) is 0 Å². The maximum absolute atomic E-state index is 3.70. The molecule has 1 aromatic rings. The predicted molar refractivity (Wildman–Crippen MR) is 93.5 cm³/mol. The molecule has 3 heteroatoms. The average molecular weight is 358 g/mol. The fraction of sp³-hybridized carbons (Fsp3) is 0.765. The van der Waals surface area contributed by atoms with E-state index >= 15 is 0 Å². The molecule has 0 spiro atoms. The van der Waals surface area contributed by atoms with Crippen LogP contribution in [0.4, 0.5) is 0 Å². The van der Waals surface area contributed by atoms with Gasteiger partial charge >= 0.3 is 0 Å². The summed E-state index contributed by atoms with van der Waals surface area (Å²) in [5.74, 6) is 2.51. The Morgan fingerprint density at radius 1 is 1.20 bits per heavy atom. The molecule has 114 valence electrons. The minimum Gasteiger partial charge on any atom is -0.316 e. The van der Waals surface area contributed by atoms with Crippen molar-refractivity contribution in [2.24, 2.45) is 17.8 Å². The molecule has 2 unspecified atom stereocenters. The van der Waals surface area contributed by atoms with Crippen LogP contribution < -0.4 is 5.32 Å². The highest BCUT2D eigenvalue weighted by atomic mass is 79.9. The Morgan fingerprint density at radius 2 is 1.95 bits per heavy atom. The Kier molecular flexibility index (Phi) is 7.06. The average Bonchev–Trinajstić information content (AvgIpc) is 2.67. The van der Waals surface area contributed by atoms with Crippen molar-refractivity contribution in [3.63, 3.8) is 0 Å². The Labute approximate surface area is 136 Å². The van der Waals surface area contributed by atoms with Crippen molar-refractivity contribution in [2.75, 3.05) is 13.1 Å². The Balaban J connectivity index is 1.90. The SMILES string of the molecule is CC(C)CNCC1CCCCCC1Cc1ccc(Br)s1. The minimum absolute atomic E-state index is 0.757. The summed E-state index contributed by atoms with van der Waals surface area (Å²) in [6.45, 7) is 6.96. The molecule has 1 saturated carbocycles. The van der Waals surface area contributed by atoms with Gasteiger partial charge in [0.05, 0.1) is 3.79 Å². The maximum atomic E-state index is 3.70. The summed E-state index contributed by atoms with van der Waals surface area (Å²) in [5, 5.41) is 3.70. The fourth-order valence-electron chi connectivity index (χ4n) is 3.28. The smallest absolute Gasteiger partial charge is 0.0701 e. The van der Waals surface area contributed by atoms with E-state index in [4.69, 9.17) is 0 Å². The van der Waals surface area contributed by atoms with Crippen molar-refractivity contribution in [2.45, 2.75) is 52.4 Å². The van der Waals surface area contributed by atoms with Crippen LogP contribution in [-0.4, -0.2) is 13.1 Å². The third kappa shape index (κ3) is 5.50. The molecule has 0 amide bonds. The van der Waals surface area contributed by atoms with Gasteiger partial charge in [-0.1, -0.05) is 33.1 Å². The molecule has 1 nitrogen and oxygen atoms in total. The van der Waals surface area contributed by atoms with Gasteiger partial charge < -0.3 is 5.32 Å². The molecular formula is C17H28BrNS. The lowest BCUT2D eigenvalue weighted by Crippen LogP contribution is -2.31. The molecule has 20 heavy (non-hydrogen) atoms. The lowest BCUT2D eigenvalue weighted by atomic mass is 9.85. The van der Waals surface area contributed by atoms with E-state index < -0.39 is 0 Å². The summed E-state index contributed by atoms with van der Waals surface area (Å²) in [5.41, 5.74) is 0. The summed E-state index contributed by atoms with van der Waals surface area (Å²) >= 11 is 5.51. The molecule has 1 heterocycles. The molecule has 1 fully saturated rings. The molecule has 0 bridgehead atoms. The van der Waals surface area contributed by atoms with Crippen LogP contribution in [0.1, 0.15) is 50.8 Å². The summed E-state index contributed by atoms with van der Waals surface area (Å²) < 4.78 is 1.27. The first-order chi connectivity index (χ1) is 9.65. The summed E-state index contributed by atoms with van der Waals surface area (Å²) in [4.78, 5) is 1.55. The molecule has 2 rings (SSSR count). The van der Waals surface area contributed by atoms with Gasteiger partial charge in [-0.2, -0.15) is 0 Å². The summed E-state index contributed by atoms with van der Waals surface area (Å²) in [7, 11) is 0. The summed E-state index contributed by atoms with van der Waals surface area (Å²) in [6.07, 6.45) is 8.41. The van der Waals surface area contributed by atoms with E-state index in [0.29, 0.717) is 0 Å². The molecule has 1 aromatic heterocycles. The first kappa shape index (κ1) is 16.5. The number of hydrogen-bond donors (Lipinski definition) is 1. The first-order valence-electron chi connectivity index (χ1n) is 8.10. The summed E-state index contributed by atoms with van der Waals surface area (Å²) in [6, 6.07) is 4.50. The Bertz CT molecular complexity index is 388. The molecule has 2 atom stereocenters. The number of nitrogens with one attached hydrogen (secondary N) is 1. The highest BCUT2D eigenvalue weighted by Crippen LogP contribution is 2.33. The zero-order chi connectivity index (χ0) is 14.4. The van der Waals surface area contributed by atoms with Gasteiger partial charge in [-0.25, -0.2) is 0 Å². The van der Waals surface area contributed by atoms with Crippen molar-refractivity contribution in [1.29, 1.82) is 0 Å². The van der Waals surface area contributed by atoms with E-state index in [1.165, 1.54) is 48.9 Å². The Morgan fingerprint density at radius 3 is 2.60 bits per heavy atom. The standard InChI is InChI=1S/C17H28BrNS/c1-13(2)11-19-12-15-7-5-3-4-6-14(15)10-16-8-9-17(18)20-16/h8-9,13-15,19H,3-7,10-12H2,1-2H3. The fourth-order valence-corrected chi connectivity index (χ4v) is 4.85. The van der Waals surface area contributed by atoms with Crippen LogP contribution in [0.5, 0.6) is 0 Å².